The van der Waals surface area contributed by atoms with Gasteiger partial charge in [0.15, 0.2) is 5.82 Å². The van der Waals surface area contributed by atoms with Crippen LogP contribution in [0.1, 0.15) is 70.6 Å². The summed E-state index contributed by atoms with van der Waals surface area (Å²) in [4.78, 5) is 0. The molecule has 3 rings (SSSR count). The van der Waals surface area contributed by atoms with Gasteiger partial charge in [0.1, 0.15) is 5.82 Å². The molecule has 1 aromatic heterocycles. The largest absolute Gasteiger partial charge is 0.312 e. The van der Waals surface area contributed by atoms with E-state index in [0.717, 1.165) is 31.3 Å². The highest BCUT2D eigenvalue weighted by atomic mass is 15.3. The minimum absolute atomic E-state index is 0.188. The molecule has 0 bridgehead atoms. The molecule has 1 atom stereocenters. The van der Waals surface area contributed by atoms with Crippen molar-refractivity contribution in [3.8, 4) is 0 Å². The van der Waals surface area contributed by atoms with E-state index in [1.807, 2.05) is 0 Å². The van der Waals surface area contributed by atoms with E-state index in [9.17, 15) is 0 Å². The highest BCUT2D eigenvalue weighted by molar-refractivity contribution is 5.08. The molecule has 1 unspecified atom stereocenters. The third-order valence-corrected chi connectivity index (χ3v) is 4.86. The lowest BCUT2D eigenvalue weighted by atomic mass is 9.85. The molecule has 1 saturated carbocycles. The fraction of sp³-hybridized carbons (Fsp3) is 0.875. The molecule has 1 fully saturated rings. The van der Waals surface area contributed by atoms with Gasteiger partial charge >= 0.3 is 0 Å². The second-order valence-corrected chi connectivity index (χ2v) is 7.59. The third-order valence-electron chi connectivity index (χ3n) is 4.86. The van der Waals surface area contributed by atoms with Crippen molar-refractivity contribution in [3.05, 3.63) is 11.6 Å². The van der Waals surface area contributed by atoms with Gasteiger partial charge in [0, 0.05) is 19.5 Å². The molecule has 4 nitrogen and oxygen atoms in total. The number of nitrogens with one attached hydrogen (secondary N) is 1. The molecule has 1 aromatic rings. The van der Waals surface area contributed by atoms with E-state index < -0.39 is 0 Å². The molecule has 2 aliphatic rings. The molecule has 0 aromatic carbocycles. The number of hydrogen-bond donors (Lipinski definition) is 1. The van der Waals surface area contributed by atoms with Crippen LogP contribution in [0.25, 0.3) is 0 Å². The Labute approximate surface area is 122 Å². The van der Waals surface area contributed by atoms with Gasteiger partial charge in [0.2, 0.25) is 0 Å². The van der Waals surface area contributed by atoms with Crippen LogP contribution in [0.5, 0.6) is 0 Å². The van der Waals surface area contributed by atoms with E-state index in [1.165, 1.54) is 37.9 Å². The van der Waals surface area contributed by atoms with Crippen molar-refractivity contribution in [3.63, 3.8) is 0 Å². The normalized spacial score (nSPS) is 24.6. The van der Waals surface area contributed by atoms with Crippen molar-refractivity contribution >= 4 is 0 Å². The molecular weight excluding hydrogens is 248 g/mol. The van der Waals surface area contributed by atoms with Crippen LogP contribution < -0.4 is 5.32 Å². The summed E-state index contributed by atoms with van der Waals surface area (Å²) in [5.74, 6) is 3.21. The van der Waals surface area contributed by atoms with Crippen LogP contribution in [0.2, 0.25) is 0 Å². The van der Waals surface area contributed by atoms with Crippen molar-refractivity contribution in [2.24, 2.45) is 11.3 Å². The van der Waals surface area contributed by atoms with Gasteiger partial charge in [-0.3, -0.25) is 0 Å². The number of rotatable bonds is 2. The van der Waals surface area contributed by atoms with Gasteiger partial charge in [-0.15, -0.1) is 10.2 Å². The zero-order valence-electron chi connectivity index (χ0n) is 13.2. The van der Waals surface area contributed by atoms with Gasteiger partial charge in [0.05, 0.1) is 6.04 Å². The smallest absolute Gasteiger partial charge is 0.150 e. The Morgan fingerprint density at radius 1 is 1.15 bits per heavy atom. The Morgan fingerprint density at radius 2 is 1.90 bits per heavy atom. The van der Waals surface area contributed by atoms with Crippen molar-refractivity contribution < 1.29 is 0 Å². The van der Waals surface area contributed by atoms with E-state index in [4.69, 9.17) is 0 Å². The fourth-order valence-corrected chi connectivity index (χ4v) is 3.71. The molecule has 0 spiro atoms. The van der Waals surface area contributed by atoms with E-state index in [1.54, 1.807) is 0 Å². The quantitative estimate of drug-likeness (QED) is 0.902. The molecule has 112 valence electrons. The van der Waals surface area contributed by atoms with E-state index in [2.05, 4.69) is 40.9 Å². The molecular formula is C16H28N4. The van der Waals surface area contributed by atoms with E-state index >= 15 is 0 Å². The van der Waals surface area contributed by atoms with Crippen LogP contribution in [0.15, 0.2) is 0 Å². The number of aromatic nitrogens is 3. The first-order valence-corrected chi connectivity index (χ1v) is 8.21. The van der Waals surface area contributed by atoms with Gasteiger partial charge in [-0.1, -0.05) is 52.9 Å². The van der Waals surface area contributed by atoms with Crippen LogP contribution >= 0.6 is 0 Å². The average molecular weight is 276 g/mol. The standard InChI is InChI=1S/C16H28N4/c1-16(2,3)14-15-19-18-13(20(15)10-9-17-14)11-12-7-5-4-6-8-12/h12,14,17H,4-11H2,1-3H3. The van der Waals surface area contributed by atoms with Crippen molar-refractivity contribution in [1.29, 1.82) is 0 Å². The summed E-state index contributed by atoms with van der Waals surface area (Å²) in [5, 5.41) is 12.7. The van der Waals surface area contributed by atoms with Gasteiger partial charge in [-0.2, -0.15) is 0 Å². The summed E-state index contributed by atoms with van der Waals surface area (Å²) in [6.45, 7) is 8.88. The maximum Gasteiger partial charge on any atom is 0.150 e. The lowest BCUT2D eigenvalue weighted by Crippen LogP contribution is -2.41. The summed E-state index contributed by atoms with van der Waals surface area (Å²) >= 11 is 0. The third kappa shape index (κ3) is 2.76. The molecule has 0 amide bonds. The van der Waals surface area contributed by atoms with Crippen LogP contribution in [0.3, 0.4) is 0 Å². The van der Waals surface area contributed by atoms with Gasteiger partial charge in [-0.05, 0) is 11.3 Å². The Kier molecular flexibility index (Phi) is 3.85. The van der Waals surface area contributed by atoms with Gasteiger partial charge in [0.25, 0.3) is 0 Å². The van der Waals surface area contributed by atoms with E-state index in [0.29, 0.717) is 6.04 Å². The summed E-state index contributed by atoms with van der Waals surface area (Å²) in [5.41, 5.74) is 0.188. The Balaban J connectivity index is 1.79. The van der Waals surface area contributed by atoms with Crippen LogP contribution in [-0.4, -0.2) is 21.3 Å². The lowest BCUT2D eigenvalue weighted by Gasteiger charge is -2.34. The van der Waals surface area contributed by atoms with Gasteiger partial charge < -0.3 is 9.88 Å². The molecule has 4 heteroatoms. The topological polar surface area (TPSA) is 42.7 Å². The Morgan fingerprint density at radius 3 is 2.60 bits per heavy atom. The SMILES string of the molecule is CC(C)(C)C1NCCn2c(CC3CCCCC3)nnc21. The van der Waals surface area contributed by atoms with Crippen molar-refractivity contribution in [2.75, 3.05) is 6.54 Å². The first-order valence-electron chi connectivity index (χ1n) is 8.21. The summed E-state index contributed by atoms with van der Waals surface area (Å²) in [7, 11) is 0. The summed E-state index contributed by atoms with van der Waals surface area (Å²) in [6, 6.07) is 0.323. The summed E-state index contributed by atoms with van der Waals surface area (Å²) < 4.78 is 2.39. The minimum atomic E-state index is 0.188. The predicted molar refractivity (Wildman–Crippen MR) is 80.5 cm³/mol. The zero-order valence-corrected chi connectivity index (χ0v) is 13.2. The first-order chi connectivity index (χ1) is 9.55. The second-order valence-electron chi connectivity index (χ2n) is 7.59. The maximum absolute atomic E-state index is 4.53. The molecule has 0 radical (unpaired) electrons. The second kappa shape index (κ2) is 5.47. The Bertz CT molecular complexity index is 452. The minimum Gasteiger partial charge on any atom is -0.312 e. The van der Waals surface area contributed by atoms with E-state index in [-0.39, 0.29) is 5.41 Å². The van der Waals surface area contributed by atoms with Crippen LogP contribution in [-0.2, 0) is 13.0 Å². The predicted octanol–water partition coefficient (Wildman–Crippen LogP) is 3.09. The average Bonchev–Trinajstić information content (AvgIpc) is 2.82. The zero-order chi connectivity index (χ0) is 14.2. The van der Waals surface area contributed by atoms with Crippen molar-refractivity contribution in [1.82, 2.24) is 20.1 Å². The molecule has 1 N–H and O–H groups in total. The highest BCUT2D eigenvalue weighted by Crippen LogP contribution is 2.34. The maximum atomic E-state index is 4.53. The van der Waals surface area contributed by atoms with Gasteiger partial charge in [-0.25, -0.2) is 0 Å². The number of hydrogen-bond acceptors (Lipinski definition) is 3. The number of nitrogens with zero attached hydrogens (tertiary/aromatic N) is 3. The van der Waals surface area contributed by atoms with Crippen LogP contribution in [0, 0.1) is 11.3 Å². The van der Waals surface area contributed by atoms with Crippen molar-refractivity contribution in [2.45, 2.75) is 71.9 Å². The highest BCUT2D eigenvalue weighted by Gasteiger charge is 2.34. The molecule has 20 heavy (non-hydrogen) atoms. The first kappa shape index (κ1) is 14.1. The lowest BCUT2D eigenvalue weighted by molar-refractivity contribution is 0.231. The number of fused-ring (bicyclic) bond motifs is 1. The fourth-order valence-electron chi connectivity index (χ4n) is 3.71. The Hall–Kier alpha value is -0.900. The molecule has 0 saturated heterocycles. The monoisotopic (exact) mass is 276 g/mol. The molecule has 2 heterocycles. The van der Waals surface area contributed by atoms with Crippen LogP contribution in [0.4, 0.5) is 0 Å². The summed E-state index contributed by atoms with van der Waals surface area (Å²) in [6.07, 6.45) is 8.11. The molecule has 1 aliphatic heterocycles. The molecule has 1 aliphatic carbocycles.